The minimum absolute atomic E-state index is 0.0822. The lowest BCUT2D eigenvalue weighted by Crippen LogP contribution is -2.32. The van der Waals surface area contributed by atoms with Crippen LogP contribution in [0.2, 0.25) is 0 Å². The SMILES string of the molecule is CCC(C(=O)O)C1CSC1. The van der Waals surface area contributed by atoms with Gasteiger partial charge in [0.15, 0.2) is 0 Å². The third-order valence-electron chi connectivity index (χ3n) is 1.99. The number of thioether (sulfide) groups is 1. The molecule has 0 amide bonds. The van der Waals surface area contributed by atoms with Crippen molar-refractivity contribution in [1.82, 2.24) is 0 Å². The fraction of sp³-hybridized carbons (Fsp3) is 0.857. The summed E-state index contributed by atoms with van der Waals surface area (Å²) in [5, 5.41) is 8.70. The van der Waals surface area contributed by atoms with Crippen LogP contribution in [0, 0.1) is 11.8 Å². The highest BCUT2D eigenvalue weighted by atomic mass is 32.2. The highest BCUT2D eigenvalue weighted by Gasteiger charge is 2.31. The molecule has 0 aromatic heterocycles. The topological polar surface area (TPSA) is 37.3 Å². The Morgan fingerprint density at radius 3 is 2.50 bits per heavy atom. The van der Waals surface area contributed by atoms with E-state index >= 15 is 0 Å². The van der Waals surface area contributed by atoms with Gasteiger partial charge >= 0.3 is 5.97 Å². The maximum atomic E-state index is 10.6. The van der Waals surface area contributed by atoms with E-state index in [-0.39, 0.29) is 5.92 Å². The molecule has 0 aromatic carbocycles. The summed E-state index contributed by atoms with van der Waals surface area (Å²) in [7, 11) is 0. The number of rotatable bonds is 3. The number of hydrogen-bond acceptors (Lipinski definition) is 2. The van der Waals surface area contributed by atoms with Crippen LogP contribution in [0.25, 0.3) is 0 Å². The van der Waals surface area contributed by atoms with Gasteiger partial charge in [-0.15, -0.1) is 0 Å². The van der Waals surface area contributed by atoms with E-state index in [1.165, 1.54) is 0 Å². The van der Waals surface area contributed by atoms with Crippen LogP contribution in [0.3, 0.4) is 0 Å². The smallest absolute Gasteiger partial charge is 0.306 e. The Morgan fingerprint density at radius 1 is 1.80 bits per heavy atom. The highest BCUT2D eigenvalue weighted by molar-refractivity contribution is 8.00. The Bertz CT molecular complexity index is 132. The summed E-state index contributed by atoms with van der Waals surface area (Å²) < 4.78 is 0. The van der Waals surface area contributed by atoms with Crippen molar-refractivity contribution in [1.29, 1.82) is 0 Å². The van der Waals surface area contributed by atoms with Crippen LogP contribution in [0.5, 0.6) is 0 Å². The van der Waals surface area contributed by atoms with Crippen molar-refractivity contribution in [3.63, 3.8) is 0 Å². The molecule has 0 aliphatic carbocycles. The van der Waals surface area contributed by atoms with Crippen LogP contribution in [0.4, 0.5) is 0 Å². The second kappa shape index (κ2) is 3.28. The number of carbonyl (C=O) groups is 1. The molecule has 1 N–H and O–H groups in total. The zero-order valence-electron chi connectivity index (χ0n) is 6.04. The Morgan fingerprint density at radius 2 is 2.40 bits per heavy atom. The maximum Gasteiger partial charge on any atom is 0.306 e. The summed E-state index contributed by atoms with van der Waals surface area (Å²) in [5.41, 5.74) is 0. The van der Waals surface area contributed by atoms with Crippen molar-refractivity contribution < 1.29 is 9.90 Å². The summed E-state index contributed by atoms with van der Waals surface area (Å²) in [4.78, 5) is 10.6. The molecule has 0 aromatic rings. The van der Waals surface area contributed by atoms with Crippen molar-refractivity contribution in [2.75, 3.05) is 11.5 Å². The lowest BCUT2D eigenvalue weighted by Gasteiger charge is -2.29. The van der Waals surface area contributed by atoms with E-state index in [4.69, 9.17) is 5.11 Å². The normalized spacial score (nSPS) is 21.7. The van der Waals surface area contributed by atoms with E-state index < -0.39 is 5.97 Å². The first-order valence-corrected chi connectivity index (χ1v) is 4.71. The van der Waals surface area contributed by atoms with Crippen LogP contribution in [0.15, 0.2) is 0 Å². The zero-order chi connectivity index (χ0) is 7.56. The Kier molecular flexibility index (Phi) is 2.60. The second-order valence-electron chi connectivity index (χ2n) is 2.65. The van der Waals surface area contributed by atoms with Crippen LogP contribution in [0.1, 0.15) is 13.3 Å². The molecule has 0 spiro atoms. The zero-order valence-corrected chi connectivity index (χ0v) is 6.86. The van der Waals surface area contributed by atoms with E-state index in [0.717, 1.165) is 17.9 Å². The van der Waals surface area contributed by atoms with Gasteiger partial charge in [0.1, 0.15) is 0 Å². The van der Waals surface area contributed by atoms with Gasteiger partial charge in [0.2, 0.25) is 0 Å². The first-order chi connectivity index (χ1) is 4.75. The van der Waals surface area contributed by atoms with Crippen molar-refractivity contribution in [3.8, 4) is 0 Å². The second-order valence-corrected chi connectivity index (χ2v) is 3.73. The fourth-order valence-corrected chi connectivity index (χ4v) is 2.17. The molecule has 3 heteroatoms. The van der Waals surface area contributed by atoms with Gasteiger partial charge in [0.25, 0.3) is 0 Å². The number of carboxylic acids is 1. The molecule has 1 heterocycles. The quantitative estimate of drug-likeness (QED) is 0.679. The van der Waals surface area contributed by atoms with Gasteiger partial charge in [-0.2, -0.15) is 11.8 Å². The molecular formula is C7H12O2S. The van der Waals surface area contributed by atoms with Crippen molar-refractivity contribution >= 4 is 17.7 Å². The minimum atomic E-state index is -0.618. The molecule has 1 fully saturated rings. The van der Waals surface area contributed by atoms with E-state index in [1.54, 1.807) is 0 Å². The van der Waals surface area contributed by atoms with E-state index in [0.29, 0.717) is 5.92 Å². The predicted octanol–water partition coefficient (Wildman–Crippen LogP) is 1.46. The van der Waals surface area contributed by atoms with E-state index in [1.807, 2.05) is 18.7 Å². The first kappa shape index (κ1) is 7.92. The lowest BCUT2D eigenvalue weighted by atomic mass is 9.93. The van der Waals surface area contributed by atoms with Gasteiger partial charge in [0, 0.05) is 0 Å². The third-order valence-corrected chi connectivity index (χ3v) is 3.32. The van der Waals surface area contributed by atoms with Gasteiger partial charge in [-0.1, -0.05) is 6.92 Å². The molecule has 0 saturated carbocycles. The molecule has 1 saturated heterocycles. The maximum absolute atomic E-state index is 10.6. The molecule has 1 rings (SSSR count). The summed E-state index contributed by atoms with van der Waals surface area (Å²) in [6.07, 6.45) is 0.778. The molecule has 10 heavy (non-hydrogen) atoms. The first-order valence-electron chi connectivity index (χ1n) is 3.56. The summed E-state index contributed by atoms with van der Waals surface area (Å²) in [6, 6.07) is 0. The van der Waals surface area contributed by atoms with Gasteiger partial charge in [-0.05, 0) is 23.8 Å². The van der Waals surface area contributed by atoms with Gasteiger partial charge in [-0.3, -0.25) is 4.79 Å². The molecule has 0 radical (unpaired) electrons. The van der Waals surface area contributed by atoms with Gasteiger partial charge in [0.05, 0.1) is 5.92 Å². The average molecular weight is 160 g/mol. The Labute approximate surface area is 65.0 Å². The fourth-order valence-electron chi connectivity index (χ4n) is 1.20. The lowest BCUT2D eigenvalue weighted by molar-refractivity contribution is -0.143. The van der Waals surface area contributed by atoms with Crippen LogP contribution in [-0.4, -0.2) is 22.6 Å². The van der Waals surface area contributed by atoms with Gasteiger partial charge in [-0.25, -0.2) is 0 Å². The number of aliphatic carboxylic acids is 1. The molecule has 1 atom stereocenters. The van der Waals surface area contributed by atoms with Crippen molar-refractivity contribution in [3.05, 3.63) is 0 Å². The van der Waals surface area contributed by atoms with E-state index in [9.17, 15) is 4.79 Å². The predicted molar refractivity (Wildman–Crippen MR) is 42.2 cm³/mol. The number of carboxylic acid groups (broad SMARTS) is 1. The molecule has 1 aliphatic heterocycles. The molecule has 1 aliphatic rings. The monoisotopic (exact) mass is 160 g/mol. The van der Waals surface area contributed by atoms with Gasteiger partial charge < -0.3 is 5.11 Å². The molecule has 2 nitrogen and oxygen atoms in total. The van der Waals surface area contributed by atoms with Crippen molar-refractivity contribution in [2.24, 2.45) is 11.8 Å². The molecular weight excluding hydrogens is 148 g/mol. The molecule has 0 bridgehead atoms. The largest absolute Gasteiger partial charge is 0.481 e. The minimum Gasteiger partial charge on any atom is -0.481 e. The summed E-state index contributed by atoms with van der Waals surface area (Å²) in [5.74, 6) is 1.84. The van der Waals surface area contributed by atoms with Crippen molar-refractivity contribution in [2.45, 2.75) is 13.3 Å². The standard InChI is InChI=1S/C7H12O2S/c1-2-6(7(8)9)5-3-10-4-5/h5-6H,2-4H2,1H3,(H,8,9). The van der Waals surface area contributed by atoms with Crippen LogP contribution < -0.4 is 0 Å². The summed E-state index contributed by atoms with van der Waals surface area (Å²) >= 11 is 1.84. The van der Waals surface area contributed by atoms with E-state index in [2.05, 4.69) is 0 Å². The van der Waals surface area contributed by atoms with Crippen LogP contribution in [-0.2, 0) is 4.79 Å². The average Bonchev–Trinajstić information content (AvgIpc) is 1.76. The molecule has 58 valence electrons. The molecule has 1 unspecified atom stereocenters. The third kappa shape index (κ3) is 1.45. The Balaban J connectivity index is 2.39. The number of hydrogen-bond donors (Lipinski definition) is 1. The Hall–Kier alpha value is -0.180. The van der Waals surface area contributed by atoms with Crippen LogP contribution >= 0.6 is 11.8 Å². The summed E-state index contributed by atoms with van der Waals surface area (Å²) in [6.45, 7) is 1.95. The highest BCUT2D eigenvalue weighted by Crippen LogP contribution is 2.32.